The maximum atomic E-state index is 14.3. The van der Waals surface area contributed by atoms with Gasteiger partial charge in [-0.15, -0.1) is 0 Å². The van der Waals surface area contributed by atoms with Crippen LogP contribution < -0.4 is 0 Å². The van der Waals surface area contributed by atoms with E-state index in [2.05, 4.69) is 0 Å². The third-order valence-corrected chi connectivity index (χ3v) is 8.33. The Bertz CT molecular complexity index is 1130. The van der Waals surface area contributed by atoms with Crippen molar-refractivity contribution in [3.8, 4) is 0 Å². The number of rotatable bonds is 4. The summed E-state index contributed by atoms with van der Waals surface area (Å²) < 4.78 is 22.3. The summed E-state index contributed by atoms with van der Waals surface area (Å²) in [7, 11) is 0. The minimum atomic E-state index is -1.34. The normalized spacial score (nSPS) is 39.0. The average Bonchev–Trinajstić information content (AvgIpc) is 2.76. The first-order chi connectivity index (χ1) is 16.7. The molecule has 0 bridgehead atoms. The van der Waals surface area contributed by atoms with Crippen LogP contribution in [-0.2, 0) is 47.7 Å². The molecule has 0 aromatic rings. The number of carbonyl (C=O) groups excluding carboxylic acids is 6. The first kappa shape index (κ1) is 25.8. The van der Waals surface area contributed by atoms with Crippen LogP contribution in [0.5, 0.6) is 0 Å². The molecule has 4 aliphatic rings. The summed E-state index contributed by atoms with van der Waals surface area (Å²) in [6.07, 6.45) is -0.586. The van der Waals surface area contributed by atoms with E-state index in [9.17, 15) is 28.8 Å². The van der Waals surface area contributed by atoms with E-state index in [4.69, 9.17) is 18.9 Å². The van der Waals surface area contributed by atoms with Crippen molar-refractivity contribution in [3.63, 3.8) is 0 Å². The van der Waals surface area contributed by atoms with Crippen molar-refractivity contribution in [3.05, 3.63) is 23.3 Å². The van der Waals surface area contributed by atoms with Crippen LogP contribution in [0.2, 0.25) is 0 Å². The first-order valence-corrected chi connectivity index (χ1v) is 11.9. The summed E-state index contributed by atoms with van der Waals surface area (Å²) in [5.74, 6) is -5.96. The third kappa shape index (κ3) is 3.60. The highest BCUT2D eigenvalue weighted by atomic mass is 16.6. The van der Waals surface area contributed by atoms with E-state index in [1.54, 1.807) is 20.8 Å². The molecule has 194 valence electrons. The van der Waals surface area contributed by atoms with Crippen LogP contribution in [0.3, 0.4) is 0 Å². The Morgan fingerprint density at radius 1 is 1.03 bits per heavy atom. The van der Waals surface area contributed by atoms with E-state index >= 15 is 0 Å². The van der Waals surface area contributed by atoms with Crippen LogP contribution >= 0.6 is 0 Å². The molecule has 0 N–H and O–H groups in total. The zero-order valence-electron chi connectivity index (χ0n) is 21.1. The molecule has 3 aliphatic carbocycles. The van der Waals surface area contributed by atoms with Crippen LogP contribution in [0, 0.1) is 28.6 Å². The lowest BCUT2D eigenvalue weighted by molar-refractivity contribution is -0.223. The Hall–Kier alpha value is -3.30. The van der Waals surface area contributed by atoms with Gasteiger partial charge in [0.25, 0.3) is 0 Å². The molecule has 10 nitrogen and oxygen atoms in total. The van der Waals surface area contributed by atoms with Gasteiger partial charge in [0, 0.05) is 44.1 Å². The Morgan fingerprint density at radius 3 is 2.25 bits per heavy atom. The Morgan fingerprint density at radius 2 is 1.67 bits per heavy atom. The van der Waals surface area contributed by atoms with Crippen molar-refractivity contribution in [1.82, 2.24) is 0 Å². The number of Topliss-reactive ketones (excluding diaryl/α,β-unsaturated/α-hetero) is 1. The molecule has 4 rings (SSSR count). The molecule has 36 heavy (non-hydrogen) atoms. The molecular weight excluding hydrogens is 472 g/mol. The van der Waals surface area contributed by atoms with Crippen LogP contribution in [0.1, 0.15) is 48.0 Å². The number of ketones is 2. The van der Waals surface area contributed by atoms with Crippen LogP contribution in [0.4, 0.5) is 0 Å². The number of fused-ring (bicyclic) bond motifs is 2. The monoisotopic (exact) mass is 502 g/mol. The predicted octanol–water partition coefficient (Wildman–Crippen LogP) is 1.64. The molecule has 0 aromatic carbocycles. The van der Waals surface area contributed by atoms with Gasteiger partial charge in [-0.25, -0.2) is 4.79 Å². The van der Waals surface area contributed by atoms with Gasteiger partial charge in [-0.3, -0.25) is 24.0 Å². The number of ether oxygens (including phenoxy) is 4. The standard InChI is InChI=1S/C26H30O10/c1-11-7-18(30)24(35-15(5)29)25(6)16(11)8-19-26(10-33-13(3)27)17(9-20(31)36-19)12(2)22(34-14(4)28)21(32)23(25)26/h7,9,12,16,19,22-24H,8,10H2,1-6H3/t12-,16+,19-,22-,23-,24-,25+,26-/m1/s1. The fraction of sp³-hybridized carbons (Fsp3) is 0.615. The van der Waals surface area contributed by atoms with Gasteiger partial charge in [0.2, 0.25) is 0 Å². The number of esters is 4. The summed E-state index contributed by atoms with van der Waals surface area (Å²) in [6, 6.07) is 0. The van der Waals surface area contributed by atoms with Crippen molar-refractivity contribution in [2.45, 2.75) is 66.3 Å². The van der Waals surface area contributed by atoms with Gasteiger partial charge < -0.3 is 18.9 Å². The minimum absolute atomic E-state index is 0.211. The first-order valence-electron chi connectivity index (χ1n) is 11.9. The third-order valence-electron chi connectivity index (χ3n) is 8.33. The number of allylic oxidation sites excluding steroid dienone is 1. The summed E-state index contributed by atoms with van der Waals surface area (Å²) in [4.78, 5) is 76.3. The predicted molar refractivity (Wildman–Crippen MR) is 121 cm³/mol. The lowest BCUT2D eigenvalue weighted by atomic mass is 9.40. The molecule has 0 radical (unpaired) electrons. The van der Waals surface area contributed by atoms with Gasteiger partial charge in [0.05, 0.1) is 5.41 Å². The van der Waals surface area contributed by atoms with E-state index < -0.39 is 82.3 Å². The summed E-state index contributed by atoms with van der Waals surface area (Å²) >= 11 is 0. The fourth-order valence-electron chi connectivity index (χ4n) is 7.14. The molecule has 1 aliphatic heterocycles. The molecule has 8 atom stereocenters. The molecule has 0 aromatic heterocycles. The number of hydrogen-bond acceptors (Lipinski definition) is 10. The Balaban J connectivity index is 2.03. The van der Waals surface area contributed by atoms with E-state index in [-0.39, 0.29) is 13.0 Å². The summed E-state index contributed by atoms with van der Waals surface area (Å²) in [6.45, 7) is 8.38. The SMILES string of the molecule is CC(=O)OC[C@@]12C3=CC(=O)O[C@@H]1C[C@H]1C(C)=CC(=O)[C@@H](OC(C)=O)[C@]1(C)[C@H]2C(=O)[C@H](OC(C)=O)[C@@H]3C. The van der Waals surface area contributed by atoms with E-state index in [0.29, 0.717) is 11.1 Å². The zero-order chi connectivity index (χ0) is 26.7. The molecular formula is C26H30O10. The highest BCUT2D eigenvalue weighted by Gasteiger charge is 2.74. The van der Waals surface area contributed by atoms with Crippen molar-refractivity contribution in [1.29, 1.82) is 0 Å². The molecule has 2 saturated carbocycles. The second-order valence-corrected chi connectivity index (χ2v) is 10.4. The van der Waals surface area contributed by atoms with Gasteiger partial charge in [0.15, 0.2) is 23.8 Å². The zero-order valence-corrected chi connectivity index (χ0v) is 21.1. The van der Waals surface area contributed by atoms with Crippen LogP contribution in [0.25, 0.3) is 0 Å². The van der Waals surface area contributed by atoms with Gasteiger partial charge >= 0.3 is 23.9 Å². The second-order valence-electron chi connectivity index (χ2n) is 10.4. The summed E-state index contributed by atoms with van der Waals surface area (Å²) in [5, 5.41) is 0. The molecule has 2 fully saturated rings. The highest BCUT2D eigenvalue weighted by Crippen LogP contribution is 2.67. The van der Waals surface area contributed by atoms with Gasteiger partial charge in [-0.1, -0.05) is 19.4 Å². The highest BCUT2D eigenvalue weighted by molar-refractivity contribution is 6.00. The fourth-order valence-corrected chi connectivity index (χ4v) is 7.14. The molecule has 10 heteroatoms. The minimum Gasteiger partial charge on any atom is -0.465 e. The smallest absolute Gasteiger partial charge is 0.331 e. The number of hydrogen-bond donors (Lipinski definition) is 0. The van der Waals surface area contributed by atoms with E-state index in [1.165, 1.54) is 32.9 Å². The van der Waals surface area contributed by atoms with Gasteiger partial charge in [-0.05, 0) is 30.9 Å². The van der Waals surface area contributed by atoms with E-state index in [1.807, 2.05) is 0 Å². The van der Waals surface area contributed by atoms with Crippen molar-refractivity contribution in [2.75, 3.05) is 6.61 Å². The van der Waals surface area contributed by atoms with Crippen molar-refractivity contribution < 1.29 is 47.7 Å². The van der Waals surface area contributed by atoms with Gasteiger partial charge in [0.1, 0.15) is 12.7 Å². The lowest BCUT2D eigenvalue weighted by Gasteiger charge is -2.65. The topological polar surface area (TPSA) is 139 Å². The molecule has 0 spiro atoms. The molecule has 0 amide bonds. The maximum Gasteiger partial charge on any atom is 0.331 e. The van der Waals surface area contributed by atoms with Crippen LogP contribution in [0.15, 0.2) is 23.3 Å². The molecule has 1 heterocycles. The lowest BCUT2D eigenvalue weighted by Crippen LogP contribution is -2.73. The largest absolute Gasteiger partial charge is 0.465 e. The molecule has 0 saturated heterocycles. The second kappa shape index (κ2) is 8.67. The quantitative estimate of drug-likeness (QED) is 0.412. The van der Waals surface area contributed by atoms with Crippen LogP contribution in [-0.4, -0.2) is 60.4 Å². The maximum absolute atomic E-state index is 14.3. The van der Waals surface area contributed by atoms with Gasteiger partial charge in [-0.2, -0.15) is 0 Å². The van der Waals surface area contributed by atoms with Crippen molar-refractivity contribution in [2.24, 2.45) is 28.6 Å². The Labute approximate surface area is 208 Å². The summed E-state index contributed by atoms with van der Waals surface area (Å²) in [5.41, 5.74) is -1.55. The average molecular weight is 503 g/mol. The number of carbonyl (C=O) groups is 6. The van der Waals surface area contributed by atoms with Crippen molar-refractivity contribution >= 4 is 35.4 Å². The molecule has 0 unspecified atom stereocenters. The Kier molecular flexibility index (Phi) is 6.21. The van der Waals surface area contributed by atoms with E-state index in [0.717, 1.165) is 0 Å².